The fourth-order valence-electron chi connectivity index (χ4n) is 1.34. The van der Waals surface area contributed by atoms with Crippen LogP contribution in [0.5, 0.6) is 0 Å². The van der Waals surface area contributed by atoms with E-state index in [9.17, 15) is 9.18 Å². The first kappa shape index (κ1) is 12.5. The molecule has 1 aromatic carbocycles. The van der Waals surface area contributed by atoms with E-state index >= 15 is 0 Å². The van der Waals surface area contributed by atoms with Crippen molar-refractivity contribution in [2.45, 2.75) is 33.2 Å². The van der Waals surface area contributed by atoms with Crippen LogP contribution in [0.4, 0.5) is 10.1 Å². The Bertz CT molecular complexity index is 404. The molecule has 1 rings (SSSR count). The monoisotopic (exact) mass is 224 g/mol. The van der Waals surface area contributed by atoms with Gasteiger partial charge in [0.1, 0.15) is 5.82 Å². The molecule has 1 unspecified atom stereocenters. The summed E-state index contributed by atoms with van der Waals surface area (Å²) < 4.78 is 13.5. The maximum absolute atomic E-state index is 13.5. The van der Waals surface area contributed by atoms with Crippen LogP contribution in [0.2, 0.25) is 0 Å². The van der Waals surface area contributed by atoms with Crippen LogP contribution in [-0.2, 0) is 0 Å². The number of nitrogens with one attached hydrogen (secondary N) is 1. The van der Waals surface area contributed by atoms with E-state index in [0.29, 0.717) is 11.3 Å². The molecule has 0 fully saturated rings. The van der Waals surface area contributed by atoms with Crippen molar-refractivity contribution in [3.05, 3.63) is 29.1 Å². The third-order valence-corrected chi connectivity index (χ3v) is 2.64. The van der Waals surface area contributed by atoms with Gasteiger partial charge in [-0.2, -0.15) is 0 Å². The number of amides is 1. The number of carbonyl (C=O) groups excluding carboxylic acids is 1. The number of nitrogens with two attached hydrogens (primary N) is 1. The van der Waals surface area contributed by atoms with Gasteiger partial charge in [0.15, 0.2) is 0 Å². The van der Waals surface area contributed by atoms with Crippen molar-refractivity contribution in [2.24, 2.45) is 5.73 Å². The number of anilines is 1. The van der Waals surface area contributed by atoms with E-state index in [1.165, 1.54) is 6.07 Å². The van der Waals surface area contributed by atoms with Gasteiger partial charge in [0.25, 0.3) is 0 Å². The van der Waals surface area contributed by atoms with Gasteiger partial charge in [-0.25, -0.2) is 4.39 Å². The third kappa shape index (κ3) is 2.72. The Kier molecular flexibility index (Phi) is 3.88. The second kappa shape index (κ2) is 4.96. The Morgan fingerprint density at radius 3 is 2.69 bits per heavy atom. The number of hydrogen-bond donors (Lipinski definition) is 2. The Morgan fingerprint density at radius 1 is 1.56 bits per heavy atom. The molecule has 0 heterocycles. The largest absolute Gasteiger partial charge is 0.382 e. The molecule has 0 aliphatic rings. The second-order valence-corrected chi connectivity index (χ2v) is 3.95. The molecule has 0 radical (unpaired) electrons. The summed E-state index contributed by atoms with van der Waals surface area (Å²) in [4.78, 5) is 11.0. The van der Waals surface area contributed by atoms with Crippen molar-refractivity contribution < 1.29 is 9.18 Å². The molecule has 3 N–H and O–H groups in total. The van der Waals surface area contributed by atoms with Gasteiger partial charge in [0.05, 0.1) is 0 Å². The summed E-state index contributed by atoms with van der Waals surface area (Å²) in [7, 11) is 0. The number of carbonyl (C=O) groups is 1. The van der Waals surface area contributed by atoms with Crippen molar-refractivity contribution in [3.63, 3.8) is 0 Å². The number of hydrogen-bond acceptors (Lipinski definition) is 2. The highest BCUT2D eigenvalue weighted by atomic mass is 19.1. The molecular formula is C12H17FN2O. The van der Waals surface area contributed by atoms with E-state index in [1.54, 1.807) is 13.0 Å². The molecule has 4 heteroatoms. The van der Waals surface area contributed by atoms with Crippen molar-refractivity contribution in [1.29, 1.82) is 0 Å². The summed E-state index contributed by atoms with van der Waals surface area (Å²) in [6.07, 6.45) is 0.919. The maximum Gasteiger partial charge on any atom is 0.248 e. The molecule has 0 saturated carbocycles. The lowest BCUT2D eigenvalue weighted by molar-refractivity contribution is 0.1000. The van der Waals surface area contributed by atoms with E-state index in [0.717, 1.165) is 6.42 Å². The van der Waals surface area contributed by atoms with Crippen molar-refractivity contribution in [3.8, 4) is 0 Å². The number of benzene rings is 1. The van der Waals surface area contributed by atoms with Crippen LogP contribution in [0.25, 0.3) is 0 Å². The molecule has 0 spiro atoms. The van der Waals surface area contributed by atoms with E-state index in [2.05, 4.69) is 5.32 Å². The van der Waals surface area contributed by atoms with Crippen LogP contribution in [-0.4, -0.2) is 11.9 Å². The number of halogens is 1. The van der Waals surface area contributed by atoms with Crippen LogP contribution in [0, 0.1) is 12.7 Å². The molecule has 0 saturated heterocycles. The number of primary amides is 1. The van der Waals surface area contributed by atoms with Gasteiger partial charge in [-0.3, -0.25) is 4.79 Å². The van der Waals surface area contributed by atoms with Gasteiger partial charge in [-0.1, -0.05) is 6.92 Å². The van der Waals surface area contributed by atoms with Gasteiger partial charge >= 0.3 is 0 Å². The van der Waals surface area contributed by atoms with Crippen LogP contribution in [0.15, 0.2) is 12.1 Å². The molecule has 0 aromatic heterocycles. The lowest BCUT2D eigenvalue weighted by Crippen LogP contribution is -2.17. The second-order valence-electron chi connectivity index (χ2n) is 3.95. The van der Waals surface area contributed by atoms with Crippen molar-refractivity contribution >= 4 is 11.6 Å². The topological polar surface area (TPSA) is 55.1 Å². The summed E-state index contributed by atoms with van der Waals surface area (Å²) in [5.74, 6) is -1.03. The summed E-state index contributed by atoms with van der Waals surface area (Å²) in [5, 5.41) is 3.15. The molecule has 88 valence electrons. The van der Waals surface area contributed by atoms with Crippen LogP contribution in [0.3, 0.4) is 0 Å². The fraction of sp³-hybridized carbons (Fsp3) is 0.417. The van der Waals surface area contributed by atoms with E-state index < -0.39 is 11.7 Å². The van der Waals surface area contributed by atoms with Crippen LogP contribution in [0.1, 0.15) is 36.2 Å². The minimum Gasteiger partial charge on any atom is -0.382 e. The highest BCUT2D eigenvalue weighted by Gasteiger charge is 2.11. The fourth-order valence-corrected chi connectivity index (χ4v) is 1.34. The molecule has 0 aliphatic heterocycles. The standard InChI is InChI=1S/C12H17FN2O/c1-4-7(2)15-11-6-9(12(14)16)5-10(13)8(11)3/h5-7,15H,4H2,1-3H3,(H2,14,16). The minimum atomic E-state index is -0.619. The first-order valence-corrected chi connectivity index (χ1v) is 5.32. The molecule has 16 heavy (non-hydrogen) atoms. The van der Waals surface area contributed by atoms with Gasteiger partial charge in [-0.15, -0.1) is 0 Å². The predicted molar refractivity (Wildman–Crippen MR) is 63.0 cm³/mol. The van der Waals surface area contributed by atoms with Crippen molar-refractivity contribution in [1.82, 2.24) is 0 Å². The van der Waals surface area contributed by atoms with Crippen molar-refractivity contribution in [2.75, 3.05) is 5.32 Å². The van der Waals surface area contributed by atoms with Gasteiger partial charge in [-0.05, 0) is 32.4 Å². The Morgan fingerprint density at radius 2 is 2.19 bits per heavy atom. The Hall–Kier alpha value is -1.58. The normalized spacial score (nSPS) is 12.2. The molecular weight excluding hydrogens is 207 g/mol. The lowest BCUT2D eigenvalue weighted by Gasteiger charge is -2.16. The van der Waals surface area contributed by atoms with Gasteiger partial charge < -0.3 is 11.1 Å². The van der Waals surface area contributed by atoms with Gasteiger partial charge in [0.2, 0.25) is 5.91 Å². The van der Waals surface area contributed by atoms with E-state index in [1.807, 2.05) is 13.8 Å². The average molecular weight is 224 g/mol. The summed E-state index contributed by atoms with van der Waals surface area (Å²) in [5.41, 5.74) is 6.45. The summed E-state index contributed by atoms with van der Waals surface area (Å²) in [6, 6.07) is 2.98. The lowest BCUT2D eigenvalue weighted by atomic mass is 10.1. The summed E-state index contributed by atoms with van der Waals surface area (Å²) >= 11 is 0. The first-order valence-electron chi connectivity index (χ1n) is 5.32. The predicted octanol–water partition coefficient (Wildman–Crippen LogP) is 2.44. The minimum absolute atomic E-state index is 0.189. The van der Waals surface area contributed by atoms with Crippen LogP contribution < -0.4 is 11.1 Å². The van der Waals surface area contributed by atoms with Crippen LogP contribution >= 0.6 is 0 Å². The maximum atomic E-state index is 13.5. The first-order chi connectivity index (χ1) is 7.45. The molecule has 3 nitrogen and oxygen atoms in total. The quantitative estimate of drug-likeness (QED) is 0.825. The summed E-state index contributed by atoms with van der Waals surface area (Å²) in [6.45, 7) is 5.69. The Labute approximate surface area is 94.8 Å². The van der Waals surface area contributed by atoms with Gasteiger partial charge in [0, 0.05) is 22.9 Å². The Balaban J connectivity index is 3.11. The molecule has 1 amide bonds. The molecule has 0 bridgehead atoms. The average Bonchev–Trinajstić information content (AvgIpc) is 2.23. The molecule has 1 atom stereocenters. The highest BCUT2D eigenvalue weighted by Crippen LogP contribution is 2.21. The molecule has 0 aliphatic carbocycles. The third-order valence-electron chi connectivity index (χ3n) is 2.64. The van der Waals surface area contributed by atoms with E-state index in [-0.39, 0.29) is 11.6 Å². The number of rotatable bonds is 4. The SMILES string of the molecule is CCC(C)Nc1cc(C(N)=O)cc(F)c1C. The molecule has 1 aromatic rings. The van der Waals surface area contributed by atoms with E-state index in [4.69, 9.17) is 5.73 Å². The smallest absolute Gasteiger partial charge is 0.248 e. The zero-order chi connectivity index (χ0) is 12.3. The zero-order valence-corrected chi connectivity index (χ0v) is 9.80. The highest BCUT2D eigenvalue weighted by molar-refractivity contribution is 5.94. The zero-order valence-electron chi connectivity index (χ0n) is 9.80.